The topological polar surface area (TPSA) is 35.5 Å². The van der Waals surface area contributed by atoms with Crippen molar-refractivity contribution in [3.63, 3.8) is 0 Å². The first-order valence-corrected chi connectivity index (χ1v) is 9.03. The second-order valence-corrected chi connectivity index (χ2v) is 7.92. The molecule has 0 N–H and O–H groups in total. The van der Waals surface area contributed by atoms with Gasteiger partial charge in [0, 0.05) is 13.2 Å². The predicted molar refractivity (Wildman–Crippen MR) is 73.4 cm³/mol. The predicted octanol–water partition coefficient (Wildman–Crippen LogP) is 3.67. The van der Waals surface area contributed by atoms with Crippen molar-refractivity contribution in [1.29, 1.82) is 0 Å². The molecule has 0 aliphatic heterocycles. The second kappa shape index (κ2) is 9.80. The summed E-state index contributed by atoms with van der Waals surface area (Å²) in [4.78, 5) is 11.3. The molecule has 0 rings (SSSR count). The molecule has 0 amide bonds. The number of hydrogen-bond acceptors (Lipinski definition) is 3. The summed E-state index contributed by atoms with van der Waals surface area (Å²) in [5.74, 6) is 0. The van der Waals surface area contributed by atoms with Gasteiger partial charge in [-0.1, -0.05) is 33.1 Å². The summed E-state index contributed by atoms with van der Waals surface area (Å²) in [6.45, 7) is 9.48. The van der Waals surface area contributed by atoms with Crippen LogP contribution in [0.1, 0.15) is 53.4 Å². The molecule has 3 nitrogen and oxygen atoms in total. The molecule has 0 aromatic carbocycles. The van der Waals surface area contributed by atoms with Crippen LogP contribution in [0.15, 0.2) is 0 Å². The normalized spacial score (nSPS) is 13.6. The van der Waals surface area contributed by atoms with Gasteiger partial charge in [-0.15, -0.1) is 0 Å². The highest BCUT2D eigenvalue weighted by atomic mass is 28.4. The SMILES string of the molecule is CCCCCC(C=O)[Si](CC)(OCC)OCC. The fourth-order valence-corrected chi connectivity index (χ4v) is 5.49. The van der Waals surface area contributed by atoms with Gasteiger partial charge in [0.15, 0.2) is 0 Å². The van der Waals surface area contributed by atoms with Crippen molar-refractivity contribution in [2.45, 2.75) is 65.0 Å². The van der Waals surface area contributed by atoms with E-state index in [-0.39, 0.29) is 5.54 Å². The summed E-state index contributed by atoms with van der Waals surface area (Å²) in [6, 6.07) is 0.851. The molecular formula is C13H28O3Si. The van der Waals surface area contributed by atoms with Gasteiger partial charge in [0.05, 0.1) is 5.54 Å². The number of hydrogen-bond donors (Lipinski definition) is 0. The van der Waals surface area contributed by atoms with Crippen LogP contribution >= 0.6 is 0 Å². The van der Waals surface area contributed by atoms with Crippen molar-refractivity contribution in [3.05, 3.63) is 0 Å². The van der Waals surface area contributed by atoms with E-state index in [2.05, 4.69) is 13.8 Å². The Kier molecular flexibility index (Phi) is 9.69. The highest BCUT2D eigenvalue weighted by Gasteiger charge is 2.43. The Hall–Kier alpha value is -0.193. The van der Waals surface area contributed by atoms with Crippen molar-refractivity contribution >= 4 is 14.8 Å². The van der Waals surface area contributed by atoms with Crippen LogP contribution in [-0.4, -0.2) is 28.1 Å². The van der Waals surface area contributed by atoms with Gasteiger partial charge >= 0.3 is 8.56 Å². The first-order valence-electron chi connectivity index (χ1n) is 6.93. The Morgan fingerprint density at radius 2 is 1.65 bits per heavy atom. The first kappa shape index (κ1) is 16.8. The Balaban J connectivity index is 4.62. The Morgan fingerprint density at radius 1 is 1.06 bits per heavy atom. The zero-order valence-electron chi connectivity index (χ0n) is 11.8. The van der Waals surface area contributed by atoms with E-state index in [4.69, 9.17) is 8.85 Å². The molecule has 17 heavy (non-hydrogen) atoms. The number of rotatable bonds is 11. The van der Waals surface area contributed by atoms with E-state index >= 15 is 0 Å². The summed E-state index contributed by atoms with van der Waals surface area (Å²) in [5.41, 5.74) is -0.0149. The van der Waals surface area contributed by atoms with Gasteiger partial charge in [-0.3, -0.25) is 0 Å². The van der Waals surface area contributed by atoms with Gasteiger partial charge in [0.2, 0.25) is 0 Å². The fourth-order valence-electron chi connectivity index (χ4n) is 2.22. The molecule has 4 heteroatoms. The third kappa shape index (κ3) is 5.32. The third-order valence-electron chi connectivity index (χ3n) is 3.12. The van der Waals surface area contributed by atoms with Crippen LogP contribution in [0.2, 0.25) is 11.6 Å². The van der Waals surface area contributed by atoms with Crippen LogP contribution in [-0.2, 0) is 13.6 Å². The lowest BCUT2D eigenvalue weighted by molar-refractivity contribution is -0.108. The maximum Gasteiger partial charge on any atom is 0.348 e. The van der Waals surface area contributed by atoms with Crippen LogP contribution in [0.4, 0.5) is 0 Å². The van der Waals surface area contributed by atoms with Crippen LogP contribution in [0.3, 0.4) is 0 Å². The van der Waals surface area contributed by atoms with Crippen LogP contribution in [0, 0.1) is 0 Å². The number of unbranched alkanes of at least 4 members (excludes halogenated alkanes) is 2. The molecule has 0 aliphatic rings. The summed E-state index contributed by atoms with van der Waals surface area (Å²) in [7, 11) is -2.32. The van der Waals surface area contributed by atoms with E-state index in [1.165, 1.54) is 12.8 Å². The Bertz CT molecular complexity index is 191. The van der Waals surface area contributed by atoms with Gasteiger partial charge in [0.1, 0.15) is 6.29 Å². The molecule has 0 aliphatic carbocycles. The number of aldehydes is 1. The standard InChI is InChI=1S/C13H28O3Si/c1-5-9-10-11-13(12-14)17(8-4,15-6-2)16-7-3/h12-13H,5-11H2,1-4H3. The number of carbonyl (C=O) groups is 1. The smallest absolute Gasteiger partial charge is 0.348 e. The molecule has 0 spiro atoms. The van der Waals surface area contributed by atoms with Crippen molar-refractivity contribution < 1.29 is 13.6 Å². The molecule has 0 aromatic rings. The largest absolute Gasteiger partial charge is 0.394 e. The van der Waals surface area contributed by atoms with Crippen molar-refractivity contribution in [3.8, 4) is 0 Å². The second-order valence-electron chi connectivity index (χ2n) is 4.27. The summed E-state index contributed by atoms with van der Waals surface area (Å²) in [6.07, 6.45) is 5.43. The minimum absolute atomic E-state index is 0.0149. The molecule has 1 atom stereocenters. The van der Waals surface area contributed by atoms with Gasteiger partial charge < -0.3 is 13.6 Å². The molecular weight excluding hydrogens is 232 g/mol. The quantitative estimate of drug-likeness (QED) is 0.323. The molecule has 0 saturated carbocycles. The maximum atomic E-state index is 11.3. The van der Waals surface area contributed by atoms with Crippen LogP contribution < -0.4 is 0 Å². The molecule has 0 fully saturated rings. The Morgan fingerprint density at radius 3 is 2.00 bits per heavy atom. The monoisotopic (exact) mass is 260 g/mol. The summed E-state index contributed by atoms with van der Waals surface area (Å²) < 4.78 is 11.8. The molecule has 0 bridgehead atoms. The average molecular weight is 260 g/mol. The lowest BCUT2D eigenvalue weighted by Gasteiger charge is -2.33. The lowest BCUT2D eigenvalue weighted by Crippen LogP contribution is -2.47. The van der Waals surface area contributed by atoms with E-state index in [1.54, 1.807) is 0 Å². The minimum atomic E-state index is -2.32. The maximum absolute atomic E-state index is 11.3. The van der Waals surface area contributed by atoms with E-state index in [1.807, 2.05) is 13.8 Å². The highest BCUT2D eigenvalue weighted by molar-refractivity contribution is 6.71. The van der Waals surface area contributed by atoms with Gasteiger partial charge in [-0.05, 0) is 26.3 Å². The van der Waals surface area contributed by atoms with Gasteiger partial charge in [0.25, 0.3) is 0 Å². The zero-order valence-corrected chi connectivity index (χ0v) is 12.8. The zero-order chi connectivity index (χ0) is 13.1. The highest BCUT2D eigenvalue weighted by Crippen LogP contribution is 2.31. The van der Waals surface area contributed by atoms with E-state index in [0.717, 1.165) is 25.2 Å². The number of carbonyl (C=O) groups excluding carboxylic acids is 1. The molecule has 102 valence electrons. The Labute approximate surface area is 107 Å². The molecule has 0 saturated heterocycles. The van der Waals surface area contributed by atoms with Crippen LogP contribution in [0.5, 0.6) is 0 Å². The van der Waals surface area contributed by atoms with Crippen molar-refractivity contribution in [2.75, 3.05) is 13.2 Å². The van der Waals surface area contributed by atoms with E-state index in [0.29, 0.717) is 13.2 Å². The van der Waals surface area contributed by atoms with Gasteiger partial charge in [-0.2, -0.15) is 0 Å². The van der Waals surface area contributed by atoms with E-state index in [9.17, 15) is 4.79 Å². The van der Waals surface area contributed by atoms with Gasteiger partial charge in [-0.25, -0.2) is 0 Å². The van der Waals surface area contributed by atoms with Crippen LogP contribution in [0.25, 0.3) is 0 Å². The first-order chi connectivity index (χ1) is 8.20. The fraction of sp³-hybridized carbons (Fsp3) is 0.923. The average Bonchev–Trinajstić information content (AvgIpc) is 2.34. The molecule has 0 heterocycles. The minimum Gasteiger partial charge on any atom is -0.394 e. The third-order valence-corrected chi connectivity index (χ3v) is 7.21. The molecule has 0 aromatic heterocycles. The summed E-state index contributed by atoms with van der Waals surface area (Å²) in [5, 5.41) is 0. The van der Waals surface area contributed by atoms with Crippen molar-refractivity contribution in [1.82, 2.24) is 0 Å². The lowest BCUT2D eigenvalue weighted by atomic mass is 10.2. The van der Waals surface area contributed by atoms with E-state index < -0.39 is 8.56 Å². The molecule has 0 radical (unpaired) electrons. The summed E-state index contributed by atoms with van der Waals surface area (Å²) >= 11 is 0. The molecule has 1 unspecified atom stereocenters. The van der Waals surface area contributed by atoms with Crippen molar-refractivity contribution in [2.24, 2.45) is 0 Å².